The lowest BCUT2D eigenvalue weighted by molar-refractivity contribution is 0.331. The molecule has 0 radical (unpaired) electrons. The maximum atomic E-state index is 5.79. The van der Waals surface area contributed by atoms with Gasteiger partial charge in [0.2, 0.25) is 5.75 Å². The van der Waals surface area contributed by atoms with E-state index in [0.29, 0.717) is 18.2 Å². The van der Waals surface area contributed by atoms with Gasteiger partial charge in [-0.05, 0) is 6.07 Å². The Morgan fingerprint density at radius 3 is 2.95 bits per heavy atom. The van der Waals surface area contributed by atoms with Gasteiger partial charge in [0, 0.05) is 19.2 Å². The van der Waals surface area contributed by atoms with E-state index < -0.39 is 0 Å². The molecule has 0 spiro atoms. The Morgan fingerprint density at radius 2 is 2.14 bits per heavy atom. The molecular weight excluding hydrogens is 268 g/mol. The molecule has 0 fully saturated rings. The van der Waals surface area contributed by atoms with E-state index in [0.717, 1.165) is 30.2 Å². The fraction of sp³-hybridized carbons (Fsp3) is 0.333. The number of rotatable bonds is 3. The van der Waals surface area contributed by atoms with Gasteiger partial charge >= 0.3 is 0 Å². The summed E-state index contributed by atoms with van der Waals surface area (Å²) >= 11 is 0. The van der Waals surface area contributed by atoms with E-state index in [2.05, 4.69) is 26.3 Å². The summed E-state index contributed by atoms with van der Waals surface area (Å²) in [7, 11) is 3.45. The molecule has 0 saturated carbocycles. The molecule has 0 saturated heterocycles. The number of hydrogen-bond acceptors (Lipinski definition) is 6. The minimum absolute atomic E-state index is 0.610. The number of para-hydroxylation sites is 1. The SMILES string of the molecule is CNc1ncnc(N2CCOc3ccccc3C2)c1OC. The topological polar surface area (TPSA) is 59.5 Å². The third kappa shape index (κ3) is 2.56. The zero-order valence-electron chi connectivity index (χ0n) is 12.2. The van der Waals surface area contributed by atoms with Crippen LogP contribution in [-0.2, 0) is 6.54 Å². The third-order valence-electron chi connectivity index (χ3n) is 3.48. The van der Waals surface area contributed by atoms with Gasteiger partial charge in [0.25, 0.3) is 0 Å². The largest absolute Gasteiger partial charge is 0.491 e. The van der Waals surface area contributed by atoms with E-state index in [4.69, 9.17) is 9.47 Å². The predicted octanol–water partition coefficient (Wildman–Crippen LogP) is 1.93. The number of nitrogens with zero attached hydrogens (tertiary/aromatic N) is 3. The van der Waals surface area contributed by atoms with Gasteiger partial charge in [0.15, 0.2) is 11.6 Å². The molecule has 2 heterocycles. The highest BCUT2D eigenvalue weighted by Crippen LogP contribution is 2.34. The zero-order chi connectivity index (χ0) is 14.7. The third-order valence-corrected chi connectivity index (χ3v) is 3.48. The average Bonchev–Trinajstić information content (AvgIpc) is 2.76. The summed E-state index contributed by atoms with van der Waals surface area (Å²) < 4.78 is 11.3. The van der Waals surface area contributed by atoms with Crippen molar-refractivity contribution < 1.29 is 9.47 Å². The van der Waals surface area contributed by atoms with Crippen molar-refractivity contribution in [2.45, 2.75) is 6.54 Å². The fourth-order valence-electron chi connectivity index (χ4n) is 2.46. The van der Waals surface area contributed by atoms with Gasteiger partial charge in [0.05, 0.1) is 13.7 Å². The van der Waals surface area contributed by atoms with E-state index in [1.165, 1.54) is 0 Å². The van der Waals surface area contributed by atoms with Gasteiger partial charge in [-0.25, -0.2) is 9.97 Å². The first-order chi connectivity index (χ1) is 10.3. The lowest BCUT2D eigenvalue weighted by Gasteiger charge is -2.23. The molecule has 2 aromatic rings. The van der Waals surface area contributed by atoms with E-state index in [-0.39, 0.29) is 0 Å². The Hall–Kier alpha value is -2.50. The highest BCUT2D eigenvalue weighted by Gasteiger charge is 2.21. The molecule has 0 atom stereocenters. The number of methoxy groups -OCH3 is 1. The monoisotopic (exact) mass is 286 g/mol. The van der Waals surface area contributed by atoms with Crippen molar-refractivity contribution in [3.05, 3.63) is 36.2 Å². The van der Waals surface area contributed by atoms with Crippen LogP contribution in [-0.4, -0.2) is 37.3 Å². The highest BCUT2D eigenvalue weighted by molar-refractivity contribution is 5.65. The Kier molecular flexibility index (Phi) is 3.77. The highest BCUT2D eigenvalue weighted by atomic mass is 16.5. The first kappa shape index (κ1) is 13.5. The Balaban J connectivity index is 1.98. The molecular formula is C15H18N4O2. The van der Waals surface area contributed by atoms with Crippen molar-refractivity contribution in [1.82, 2.24) is 9.97 Å². The number of benzene rings is 1. The molecule has 6 heteroatoms. The van der Waals surface area contributed by atoms with Gasteiger partial charge in [-0.15, -0.1) is 0 Å². The van der Waals surface area contributed by atoms with Gasteiger partial charge in [-0.1, -0.05) is 18.2 Å². The Morgan fingerprint density at radius 1 is 1.29 bits per heavy atom. The molecule has 1 aliphatic rings. The van der Waals surface area contributed by atoms with Crippen molar-refractivity contribution in [2.75, 3.05) is 37.5 Å². The normalized spacial score (nSPS) is 13.9. The van der Waals surface area contributed by atoms with Crippen LogP contribution < -0.4 is 19.7 Å². The molecule has 0 amide bonds. The van der Waals surface area contributed by atoms with Crippen molar-refractivity contribution in [3.8, 4) is 11.5 Å². The van der Waals surface area contributed by atoms with Crippen molar-refractivity contribution >= 4 is 11.6 Å². The first-order valence-corrected chi connectivity index (χ1v) is 6.86. The molecule has 0 unspecified atom stereocenters. The van der Waals surface area contributed by atoms with Crippen LogP contribution in [0.4, 0.5) is 11.6 Å². The van der Waals surface area contributed by atoms with E-state index in [1.54, 1.807) is 13.4 Å². The summed E-state index contributed by atoms with van der Waals surface area (Å²) in [6, 6.07) is 8.07. The number of nitrogens with one attached hydrogen (secondary N) is 1. The van der Waals surface area contributed by atoms with Crippen LogP contribution in [0.3, 0.4) is 0 Å². The molecule has 0 bridgehead atoms. The molecule has 1 N–H and O–H groups in total. The summed E-state index contributed by atoms with van der Waals surface area (Å²) in [5.74, 6) is 3.04. The van der Waals surface area contributed by atoms with Crippen molar-refractivity contribution in [2.24, 2.45) is 0 Å². The minimum atomic E-state index is 0.610. The molecule has 110 valence electrons. The fourth-order valence-corrected chi connectivity index (χ4v) is 2.46. The number of ether oxygens (including phenoxy) is 2. The number of anilines is 2. The molecule has 1 aromatic carbocycles. The number of hydrogen-bond donors (Lipinski definition) is 1. The van der Waals surface area contributed by atoms with Gasteiger partial charge in [0.1, 0.15) is 18.7 Å². The van der Waals surface area contributed by atoms with Crippen LogP contribution in [0.1, 0.15) is 5.56 Å². The number of aromatic nitrogens is 2. The molecule has 3 rings (SSSR count). The molecule has 21 heavy (non-hydrogen) atoms. The van der Waals surface area contributed by atoms with Crippen LogP contribution in [0, 0.1) is 0 Å². The Bertz CT molecular complexity index is 633. The summed E-state index contributed by atoms with van der Waals surface area (Å²) in [4.78, 5) is 10.7. The maximum Gasteiger partial charge on any atom is 0.204 e. The van der Waals surface area contributed by atoms with Gasteiger partial charge < -0.3 is 19.7 Å². The summed E-state index contributed by atoms with van der Waals surface area (Å²) in [6.07, 6.45) is 1.54. The summed E-state index contributed by atoms with van der Waals surface area (Å²) in [5.41, 5.74) is 1.14. The van der Waals surface area contributed by atoms with Crippen molar-refractivity contribution in [1.29, 1.82) is 0 Å². The summed E-state index contributed by atoms with van der Waals surface area (Å²) in [5, 5.41) is 3.03. The second-order valence-corrected chi connectivity index (χ2v) is 4.71. The van der Waals surface area contributed by atoms with E-state index >= 15 is 0 Å². The average molecular weight is 286 g/mol. The molecule has 1 aliphatic heterocycles. The first-order valence-electron chi connectivity index (χ1n) is 6.86. The van der Waals surface area contributed by atoms with Crippen LogP contribution >= 0.6 is 0 Å². The zero-order valence-corrected chi connectivity index (χ0v) is 12.2. The quantitative estimate of drug-likeness (QED) is 0.930. The van der Waals surface area contributed by atoms with Crippen LogP contribution in [0.5, 0.6) is 11.5 Å². The second kappa shape index (κ2) is 5.87. The lowest BCUT2D eigenvalue weighted by atomic mass is 10.2. The minimum Gasteiger partial charge on any atom is -0.491 e. The molecule has 0 aliphatic carbocycles. The standard InChI is InChI=1S/C15H18N4O2/c1-16-14-13(20-2)15(18-10-17-14)19-7-8-21-12-6-4-3-5-11(12)9-19/h3-6,10H,7-9H2,1-2H3,(H,16,17,18). The van der Waals surface area contributed by atoms with Crippen LogP contribution in [0.15, 0.2) is 30.6 Å². The summed E-state index contributed by atoms with van der Waals surface area (Å²) in [6.45, 7) is 2.08. The second-order valence-electron chi connectivity index (χ2n) is 4.71. The van der Waals surface area contributed by atoms with Gasteiger partial charge in [-0.2, -0.15) is 0 Å². The smallest absolute Gasteiger partial charge is 0.204 e. The Labute approximate surface area is 123 Å². The van der Waals surface area contributed by atoms with Gasteiger partial charge in [-0.3, -0.25) is 0 Å². The number of fused-ring (bicyclic) bond motifs is 1. The predicted molar refractivity (Wildman–Crippen MR) is 81.1 cm³/mol. The van der Waals surface area contributed by atoms with Crippen LogP contribution in [0.25, 0.3) is 0 Å². The maximum absolute atomic E-state index is 5.79. The van der Waals surface area contributed by atoms with Crippen LogP contribution in [0.2, 0.25) is 0 Å². The molecule has 1 aromatic heterocycles. The lowest BCUT2D eigenvalue weighted by Crippen LogP contribution is -2.27. The van der Waals surface area contributed by atoms with Crippen molar-refractivity contribution in [3.63, 3.8) is 0 Å². The van der Waals surface area contributed by atoms with E-state index in [9.17, 15) is 0 Å². The van der Waals surface area contributed by atoms with E-state index in [1.807, 2.05) is 25.2 Å². The molecule has 6 nitrogen and oxygen atoms in total.